The van der Waals surface area contributed by atoms with E-state index in [0.29, 0.717) is 12.1 Å². The summed E-state index contributed by atoms with van der Waals surface area (Å²) < 4.78 is 2.86. The molecule has 4 rings (SSSR count). The molecule has 2 aromatic carbocycles. The SMILES string of the molecule is N#C/C(=C\C=C\c1cn(Cc2ccccc2)nn1)c1nc2ccccc2s1. The maximum absolute atomic E-state index is 9.45. The summed E-state index contributed by atoms with van der Waals surface area (Å²) in [6.07, 6.45) is 7.27. The van der Waals surface area contributed by atoms with Crippen LogP contribution >= 0.6 is 11.3 Å². The van der Waals surface area contributed by atoms with Crippen molar-refractivity contribution in [1.82, 2.24) is 20.0 Å². The van der Waals surface area contributed by atoms with Gasteiger partial charge in [0.25, 0.3) is 0 Å². The second-order valence-corrected chi connectivity index (χ2v) is 6.90. The predicted octanol–water partition coefficient (Wildman–Crippen LogP) is 4.56. The molecule has 130 valence electrons. The number of nitriles is 1. The van der Waals surface area contributed by atoms with Gasteiger partial charge >= 0.3 is 0 Å². The summed E-state index contributed by atoms with van der Waals surface area (Å²) in [6.45, 7) is 0.673. The molecule has 0 aliphatic rings. The molecule has 0 unspecified atom stereocenters. The zero-order chi connectivity index (χ0) is 18.5. The van der Waals surface area contributed by atoms with Crippen LogP contribution in [0.4, 0.5) is 0 Å². The monoisotopic (exact) mass is 369 g/mol. The number of para-hydroxylation sites is 1. The molecule has 0 radical (unpaired) electrons. The predicted molar refractivity (Wildman–Crippen MR) is 108 cm³/mol. The average molecular weight is 369 g/mol. The van der Waals surface area contributed by atoms with Gasteiger partial charge < -0.3 is 0 Å². The summed E-state index contributed by atoms with van der Waals surface area (Å²) in [7, 11) is 0. The van der Waals surface area contributed by atoms with Gasteiger partial charge in [0.2, 0.25) is 0 Å². The van der Waals surface area contributed by atoms with E-state index in [2.05, 4.69) is 33.5 Å². The molecule has 27 heavy (non-hydrogen) atoms. The van der Waals surface area contributed by atoms with Gasteiger partial charge in [-0.1, -0.05) is 53.8 Å². The fraction of sp³-hybridized carbons (Fsp3) is 0.0476. The lowest BCUT2D eigenvalue weighted by molar-refractivity contribution is 0.649. The van der Waals surface area contributed by atoms with Crippen molar-refractivity contribution < 1.29 is 0 Å². The number of nitrogens with zero attached hydrogens (tertiary/aromatic N) is 5. The third-order valence-corrected chi connectivity index (χ3v) is 4.99. The van der Waals surface area contributed by atoms with Crippen LogP contribution in [0, 0.1) is 11.3 Å². The van der Waals surface area contributed by atoms with Gasteiger partial charge in [-0.3, -0.25) is 0 Å². The highest BCUT2D eigenvalue weighted by molar-refractivity contribution is 7.19. The van der Waals surface area contributed by atoms with Crippen LogP contribution in [0.3, 0.4) is 0 Å². The van der Waals surface area contributed by atoms with Crippen LogP contribution in [0.5, 0.6) is 0 Å². The molecule has 5 nitrogen and oxygen atoms in total. The number of aromatic nitrogens is 4. The Morgan fingerprint density at radius 1 is 1.11 bits per heavy atom. The van der Waals surface area contributed by atoms with Crippen LogP contribution in [-0.2, 0) is 6.54 Å². The van der Waals surface area contributed by atoms with Crippen LogP contribution in [0.1, 0.15) is 16.3 Å². The molecule has 0 aliphatic carbocycles. The second-order valence-electron chi connectivity index (χ2n) is 5.86. The van der Waals surface area contributed by atoms with Gasteiger partial charge in [0.1, 0.15) is 16.8 Å². The smallest absolute Gasteiger partial charge is 0.135 e. The van der Waals surface area contributed by atoms with E-state index in [9.17, 15) is 5.26 Å². The molecule has 0 fully saturated rings. The molecule has 2 heterocycles. The Bertz CT molecular complexity index is 1130. The van der Waals surface area contributed by atoms with E-state index in [4.69, 9.17) is 0 Å². The number of thiazole rings is 1. The molecular formula is C21H15N5S. The van der Waals surface area contributed by atoms with Gasteiger partial charge in [-0.15, -0.1) is 16.4 Å². The van der Waals surface area contributed by atoms with Crippen molar-refractivity contribution in [1.29, 1.82) is 5.26 Å². The van der Waals surface area contributed by atoms with Crippen molar-refractivity contribution in [3.8, 4) is 6.07 Å². The van der Waals surface area contributed by atoms with E-state index in [-0.39, 0.29) is 0 Å². The first-order valence-corrected chi connectivity index (χ1v) is 9.22. The zero-order valence-electron chi connectivity index (χ0n) is 14.4. The lowest BCUT2D eigenvalue weighted by Gasteiger charge is -1.98. The molecule has 0 atom stereocenters. The van der Waals surface area contributed by atoms with Crippen LogP contribution in [0.2, 0.25) is 0 Å². The van der Waals surface area contributed by atoms with E-state index in [1.807, 2.05) is 60.8 Å². The highest BCUT2D eigenvalue weighted by Crippen LogP contribution is 2.26. The molecule has 0 bridgehead atoms. The Balaban J connectivity index is 1.49. The fourth-order valence-corrected chi connectivity index (χ4v) is 3.57. The topological polar surface area (TPSA) is 67.4 Å². The average Bonchev–Trinajstić information content (AvgIpc) is 3.32. The molecular weight excluding hydrogens is 354 g/mol. The molecule has 0 amide bonds. The molecule has 0 saturated carbocycles. The van der Waals surface area contributed by atoms with Crippen molar-refractivity contribution in [2.45, 2.75) is 6.54 Å². The van der Waals surface area contributed by atoms with Gasteiger partial charge in [0, 0.05) is 0 Å². The first-order chi connectivity index (χ1) is 13.3. The van der Waals surface area contributed by atoms with Gasteiger partial charge in [-0.2, -0.15) is 5.26 Å². The molecule has 0 spiro atoms. The number of rotatable bonds is 5. The van der Waals surface area contributed by atoms with Crippen LogP contribution < -0.4 is 0 Å². The molecule has 6 heteroatoms. The van der Waals surface area contributed by atoms with Gasteiger partial charge in [0.05, 0.1) is 28.5 Å². The molecule has 0 saturated heterocycles. The first kappa shape index (κ1) is 16.9. The minimum atomic E-state index is 0.532. The lowest BCUT2D eigenvalue weighted by atomic mass is 10.2. The van der Waals surface area contributed by atoms with E-state index < -0.39 is 0 Å². The van der Waals surface area contributed by atoms with E-state index in [0.717, 1.165) is 20.9 Å². The molecule has 0 aliphatic heterocycles. The molecule has 4 aromatic rings. The molecule has 2 aromatic heterocycles. The summed E-state index contributed by atoms with van der Waals surface area (Å²) in [5, 5.41) is 18.5. The number of hydrogen-bond acceptors (Lipinski definition) is 5. The Kier molecular flexibility index (Phi) is 4.86. The normalized spacial score (nSPS) is 11.9. The highest BCUT2D eigenvalue weighted by atomic mass is 32.1. The maximum Gasteiger partial charge on any atom is 0.135 e. The van der Waals surface area contributed by atoms with Crippen LogP contribution in [0.25, 0.3) is 21.9 Å². The van der Waals surface area contributed by atoms with Crippen LogP contribution in [-0.4, -0.2) is 20.0 Å². The van der Waals surface area contributed by atoms with Gasteiger partial charge in [0.15, 0.2) is 0 Å². The second kappa shape index (κ2) is 7.77. The van der Waals surface area contributed by atoms with Crippen molar-refractivity contribution >= 4 is 33.2 Å². The van der Waals surface area contributed by atoms with Crippen molar-refractivity contribution in [2.75, 3.05) is 0 Å². The van der Waals surface area contributed by atoms with E-state index in [1.54, 1.807) is 10.8 Å². The summed E-state index contributed by atoms with van der Waals surface area (Å²) in [5.41, 5.74) is 3.35. The summed E-state index contributed by atoms with van der Waals surface area (Å²) in [6, 6.07) is 20.2. The summed E-state index contributed by atoms with van der Waals surface area (Å²) in [5.74, 6) is 0. The highest BCUT2D eigenvalue weighted by Gasteiger charge is 2.07. The Hall–Kier alpha value is -3.56. The van der Waals surface area contributed by atoms with Crippen molar-refractivity contribution in [3.63, 3.8) is 0 Å². The maximum atomic E-state index is 9.45. The van der Waals surface area contributed by atoms with E-state index in [1.165, 1.54) is 16.9 Å². The quantitative estimate of drug-likeness (QED) is 0.382. The fourth-order valence-electron chi connectivity index (χ4n) is 2.62. The third-order valence-electron chi connectivity index (χ3n) is 3.92. The number of allylic oxidation sites excluding steroid dienone is 3. The summed E-state index contributed by atoms with van der Waals surface area (Å²) >= 11 is 1.51. The van der Waals surface area contributed by atoms with Crippen molar-refractivity contribution in [2.24, 2.45) is 0 Å². The van der Waals surface area contributed by atoms with Crippen molar-refractivity contribution in [3.05, 3.63) is 89.2 Å². The summed E-state index contributed by atoms with van der Waals surface area (Å²) in [4.78, 5) is 4.52. The minimum Gasteiger partial charge on any atom is -0.248 e. The number of fused-ring (bicyclic) bond motifs is 1. The number of hydrogen-bond donors (Lipinski definition) is 0. The lowest BCUT2D eigenvalue weighted by Crippen LogP contribution is -1.99. The van der Waals surface area contributed by atoms with Crippen LogP contribution in [0.15, 0.2) is 72.9 Å². The largest absolute Gasteiger partial charge is 0.248 e. The van der Waals surface area contributed by atoms with Gasteiger partial charge in [-0.25, -0.2) is 9.67 Å². The first-order valence-electron chi connectivity index (χ1n) is 8.40. The zero-order valence-corrected chi connectivity index (χ0v) is 15.2. The van der Waals surface area contributed by atoms with E-state index >= 15 is 0 Å². The number of benzene rings is 2. The molecule has 0 N–H and O–H groups in total. The standard InChI is InChI=1S/C21H15N5S/c22-13-17(21-23-19-11-4-5-12-20(19)27-21)9-6-10-18-15-26(25-24-18)14-16-7-2-1-3-8-16/h1-12,15H,14H2/b10-6+,17-9+. The minimum absolute atomic E-state index is 0.532. The Morgan fingerprint density at radius 3 is 2.74 bits per heavy atom. The van der Waals surface area contributed by atoms with Gasteiger partial charge in [-0.05, 0) is 29.8 Å². The Labute approximate surface area is 160 Å². The Morgan fingerprint density at radius 2 is 1.93 bits per heavy atom. The third kappa shape index (κ3) is 4.00.